The van der Waals surface area contributed by atoms with E-state index in [4.69, 9.17) is 9.15 Å². The van der Waals surface area contributed by atoms with E-state index < -0.39 is 23.1 Å². The summed E-state index contributed by atoms with van der Waals surface area (Å²) in [7, 11) is 0. The molecule has 1 aliphatic heterocycles. The topological polar surface area (TPSA) is 64.1 Å². The zero-order valence-electron chi connectivity index (χ0n) is 17.0. The standard InChI is InChI=1S/C23H22F3NO4/c1-14-6-5-7-15(12-14)30-21-19(29)16-8-9-18(28)17(13-27-10-3-2-4-11-27)20(16)31-22(21)23(24,25)26/h5-9,12,28H,2-4,10-11,13H2,1H3/p+1. The van der Waals surface area contributed by atoms with Gasteiger partial charge in [-0.15, -0.1) is 0 Å². The zero-order valence-corrected chi connectivity index (χ0v) is 17.0. The van der Waals surface area contributed by atoms with E-state index in [1.165, 1.54) is 24.3 Å². The number of hydrogen-bond acceptors (Lipinski definition) is 4. The van der Waals surface area contributed by atoms with E-state index in [1.54, 1.807) is 19.1 Å². The lowest BCUT2D eigenvalue weighted by Crippen LogP contribution is -3.11. The molecule has 0 atom stereocenters. The summed E-state index contributed by atoms with van der Waals surface area (Å²) in [6, 6.07) is 8.98. The van der Waals surface area contributed by atoms with E-state index in [2.05, 4.69) is 0 Å². The fourth-order valence-electron chi connectivity index (χ4n) is 4.01. The minimum absolute atomic E-state index is 0.0557. The lowest BCUT2D eigenvalue weighted by atomic mass is 10.1. The van der Waals surface area contributed by atoms with Crippen LogP contribution in [0.15, 0.2) is 45.6 Å². The summed E-state index contributed by atoms with van der Waals surface area (Å²) in [5.41, 5.74) is -0.191. The first-order chi connectivity index (χ1) is 14.7. The Morgan fingerprint density at radius 1 is 1.13 bits per heavy atom. The molecule has 0 unspecified atom stereocenters. The van der Waals surface area contributed by atoms with Crippen LogP contribution in [0.3, 0.4) is 0 Å². The van der Waals surface area contributed by atoms with Crippen molar-refractivity contribution in [1.29, 1.82) is 0 Å². The van der Waals surface area contributed by atoms with Gasteiger partial charge in [-0.05, 0) is 56.0 Å². The molecule has 0 bridgehead atoms. The second-order valence-electron chi connectivity index (χ2n) is 7.93. The van der Waals surface area contributed by atoms with E-state index in [0.29, 0.717) is 0 Å². The number of aryl methyl sites for hydroxylation is 1. The zero-order chi connectivity index (χ0) is 22.2. The van der Waals surface area contributed by atoms with Crippen LogP contribution in [0.4, 0.5) is 13.2 Å². The van der Waals surface area contributed by atoms with Gasteiger partial charge in [-0.25, -0.2) is 0 Å². The van der Waals surface area contributed by atoms with Gasteiger partial charge in [0.05, 0.1) is 24.0 Å². The Morgan fingerprint density at radius 2 is 1.87 bits per heavy atom. The number of phenolic OH excluding ortho intramolecular Hbond substituents is 1. The van der Waals surface area contributed by atoms with Crippen molar-refractivity contribution in [2.24, 2.45) is 0 Å². The SMILES string of the molecule is Cc1cccc(Oc2c(C(F)(F)F)oc3c(C[NH+]4CCCCC4)c(O)ccc3c2=O)c1. The second-order valence-corrected chi connectivity index (χ2v) is 7.93. The summed E-state index contributed by atoms with van der Waals surface area (Å²) >= 11 is 0. The molecule has 4 rings (SSSR count). The molecular formula is C23H23F3NO4+. The van der Waals surface area contributed by atoms with Gasteiger partial charge in [-0.3, -0.25) is 4.79 Å². The average Bonchev–Trinajstić information content (AvgIpc) is 2.72. The van der Waals surface area contributed by atoms with Crippen molar-refractivity contribution in [3.8, 4) is 17.2 Å². The first-order valence-electron chi connectivity index (χ1n) is 10.2. The molecule has 31 heavy (non-hydrogen) atoms. The van der Waals surface area contributed by atoms with Crippen LogP contribution < -0.4 is 15.1 Å². The monoisotopic (exact) mass is 434 g/mol. The van der Waals surface area contributed by atoms with Crippen LogP contribution in [-0.2, 0) is 12.7 Å². The highest BCUT2D eigenvalue weighted by Gasteiger charge is 2.41. The second kappa shape index (κ2) is 8.26. The molecule has 0 saturated carbocycles. The maximum Gasteiger partial charge on any atom is 0.453 e. The van der Waals surface area contributed by atoms with Gasteiger partial charge in [-0.1, -0.05) is 12.1 Å². The first-order valence-corrected chi connectivity index (χ1v) is 10.2. The number of nitrogens with one attached hydrogen (secondary N) is 1. The summed E-state index contributed by atoms with van der Waals surface area (Å²) < 4.78 is 52.2. The quantitative estimate of drug-likeness (QED) is 0.647. The molecule has 2 aromatic carbocycles. The van der Waals surface area contributed by atoms with Crippen LogP contribution in [-0.4, -0.2) is 18.2 Å². The first kappa shape index (κ1) is 21.2. The van der Waals surface area contributed by atoms with Crippen molar-refractivity contribution < 1.29 is 32.3 Å². The number of aromatic hydroxyl groups is 1. The maximum absolute atomic E-state index is 13.8. The molecule has 0 aliphatic carbocycles. The third kappa shape index (κ3) is 4.39. The Labute approximate surface area is 176 Å². The summed E-state index contributed by atoms with van der Waals surface area (Å²) in [5.74, 6) is -2.50. The van der Waals surface area contributed by atoms with Gasteiger partial charge in [0.2, 0.25) is 11.2 Å². The Balaban J connectivity index is 1.88. The predicted octanol–water partition coefficient (Wildman–Crippen LogP) is 4.19. The summed E-state index contributed by atoms with van der Waals surface area (Å²) in [4.78, 5) is 14.2. The Morgan fingerprint density at radius 3 is 2.55 bits per heavy atom. The number of alkyl halides is 3. The molecule has 3 aromatic rings. The molecule has 0 spiro atoms. The van der Waals surface area contributed by atoms with Crippen molar-refractivity contribution in [1.82, 2.24) is 0 Å². The van der Waals surface area contributed by atoms with Crippen molar-refractivity contribution in [3.63, 3.8) is 0 Å². The average molecular weight is 434 g/mol. The van der Waals surface area contributed by atoms with Crippen molar-refractivity contribution in [2.45, 2.75) is 38.9 Å². The van der Waals surface area contributed by atoms with E-state index in [0.717, 1.165) is 42.8 Å². The Kier molecular flexibility index (Phi) is 5.66. The number of quaternary nitrogens is 1. The number of benzene rings is 2. The van der Waals surface area contributed by atoms with E-state index in [-0.39, 0.29) is 34.6 Å². The van der Waals surface area contributed by atoms with Crippen LogP contribution in [0, 0.1) is 6.92 Å². The summed E-state index contributed by atoms with van der Waals surface area (Å²) in [5, 5.41) is 10.3. The van der Waals surface area contributed by atoms with Crippen LogP contribution in [0.1, 0.15) is 36.1 Å². The molecule has 2 heterocycles. The van der Waals surface area contributed by atoms with E-state index in [9.17, 15) is 23.1 Å². The fourth-order valence-corrected chi connectivity index (χ4v) is 4.01. The number of piperidine rings is 1. The highest BCUT2D eigenvalue weighted by molar-refractivity contribution is 5.83. The van der Waals surface area contributed by atoms with Gasteiger partial charge >= 0.3 is 6.18 Å². The number of fused-ring (bicyclic) bond motifs is 1. The molecule has 5 nitrogen and oxygen atoms in total. The molecule has 1 aromatic heterocycles. The van der Waals surface area contributed by atoms with Gasteiger partial charge < -0.3 is 19.2 Å². The minimum atomic E-state index is -4.95. The third-order valence-electron chi connectivity index (χ3n) is 5.55. The Bertz CT molecular complexity index is 1160. The Hall–Kier alpha value is -3.00. The fraction of sp³-hybridized carbons (Fsp3) is 0.348. The van der Waals surface area contributed by atoms with Crippen LogP contribution in [0.25, 0.3) is 11.0 Å². The predicted molar refractivity (Wildman–Crippen MR) is 109 cm³/mol. The number of likely N-dealkylation sites (tertiary alicyclic amines) is 1. The molecule has 0 amide bonds. The number of halogens is 3. The molecule has 8 heteroatoms. The minimum Gasteiger partial charge on any atom is -0.507 e. The molecule has 2 N–H and O–H groups in total. The van der Waals surface area contributed by atoms with E-state index >= 15 is 0 Å². The lowest BCUT2D eigenvalue weighted by molar-refractivity contribution is -0.918. The van der Waals surface area contributed by atoms with Crippen molar-refractivity contribution in [2.75, 3.05) is 13.1 Å². The smallest absolute Gasteiger partial charge is 0.453 e. The molecule has 0 radical (unpaired) electrons. The number of ether oxygens (including phenoxy) is 1. The molecule has 1 aliphatic rings. The van der Waals surface area contributed by atoms with Gasteiger partial charge in [0.1, 0.15) is 18.0 Å². The van der Waals surface area contributed by atoms with Gasteiger partial charge in [0.25, 0.3) is 5.76 Å². The third-order valence-corrected chi connectivity index (χ3v) is 5.55. The van der Waals surface area contributed by atoms with Crippen LogP contribution in [0.5, 0.6) is 17.2 Å². The lowest BCUT2D eigenvalue weighted by Gasteiger charge is -2.24. The molecule has 1 saturated heterocycles. The van der Waals surface area contributed by atoms with Gasteiger partial charge in [0.15, 0.2) is 5.58 Å². The highest BCUT2D eigenvalue weighted by Crippen LogP contribution is 2.39. The van der Waals surface area contributed by atoms with E-state index in [1.807, 2.05) is 0 Å². The summed E-state index contributed by atoms with van der Waals surface area (Å²) in [6.07, 6.45) is -1.83. The molecular weight excluding hydrogens is 411 g/mol. The molecule has 1 fully saturated rings. The largest absolute Gasteiger partial charge is 0.507 e. The molecule has 164 valence electrons. The van der Waals surface area contributed by atoms with Crippen molar-refractivity contribution in [3.05, 3.63) is 63.5 Å². The number of hydrogen-bond donors (Lipinski definition) is 2. The van der Waals surface area contributed by atoms with Gasteiger partial charge in [0, 0.05) is 0 Å². The van der Waals surface area contributed by atoms with Crippen molar-refractivity contribution >= 4 is 11.0 Å². The van der Waals surface area contributed by atoms with Crippen LogP contribution in [0.2, 0.25) is 0 Å². The number of rotatable bonds is 4. The number of phenols is 1. The van der Waals surface area contributed by atoms with Gasteiger partial charge in [-0.2, -0.15) is 13.2 Å². The van der Waals surface area contributed by atoms with Crippen LogP contribution >= 0.6 is 0 Å². The maximum atomic E-state index is 13.8. The highest BCUT2D eigenvalue weighted by atomic mass is 19.4. The normalized spacial score (nSPS) is 15.4. The summed E-state index contributed by atoms with van der Waals surface area (Å²) in [6.45, 7) is 3.74.